The van der Waals surface area contributed by atoms with Crippen molar-refractivity contribution in [2.75, 3.05) is 0 Å². The lowest BCUT2D eigenvalue weighted by Gasteiger charge is -2.07. The van der Waals surface area contributed by atoms with Gasteiger partial charge in [0, 0.05) is 33.0 Å². The summed E-state index contributed by atoms with van der Waals surface area (Å²) < 4.78 is 0. The minimum Gasteiger partial charge on any atom is -0.256 e. The Morgan fingerprint density at radius 2 is 1.36 bits per heavy atom. The standard InChI is InChI=1S/C18H12N2S2/c1-5-13-6-3-12-20-18(13)17(10-1)22-21-16-9-2-8-15-14(16)7-4-11-19-15/h1-12H. The van der Waals surface area contributed by atoms with Gasteiger partial charge < -0.3 is 0 Å². The van der Waals surface area contributed by atoms with E-state index >= 15 is 0 Å². The smallest absolute Gasteiger partial charge is 0.0846 e. The Hall–Kier alpha value is -2.04. The van der Waals surface area contributed by atoms with Gasteiger partial charge in [0.05, 0.1) is 11.0 Å². The van der Waals surface area contributed by atoms with E-state index in [2.05, 4.69) is 52.4 Å². The molecule has 0 fully saturated rings. The van der Waals surface area contributed by atoms with Crippen LogP contribution in [-0.2, 0) is 0 Å². The van der Waals surface area contributed by atoms with Gasteiger partial charge in [-0.2, -0.15) is 0 Å². The Labute approximate surface area is 136 Å². The lowest BCUT2D eigenvalue weighted by Crippen LogP contribution is -1.81. The van der Waals surface area contributed by atoms with Gasteiger partial charge >= 0.3 is 0 Å². The summed E-state index contributed by atoms with van der Waals surface area (Å²) in [5, 5.41) is 2.36. The van der Waals surface area contributed by atoms with E-state index in [0.717, 1.165) is 11.0 Å². The molecule has 0 bridgehead atoms. The van der Waals surface area contributed by atoms with Gasteiger partial charge in [-0.05, 0) is 30.3 Å². The van der Waals surface area contributed by atoms with Crippen LogP contribution in [0.5, 0.6) is 0 Å². The van der Waals surface area contributed by atoms with Crippen molar-refractivity contribution in [3.05, 3.63) is 73.1 Å². The van der Waals surface area contributed by atoms with Gasteiger partial charge in [0.15, 0.2) is 0 Å². The van der Waals surface area contributed by atoms with Crippen molar-refractivity contribution < 1.29 is 0 Å². The normalized spacial score (nSPS) is 11.1. The number of nitrogens with zero attached hydrogens (tertiary/aromatic N) is 2. The molecule has 0 radical (unpaired) electrons. The van der Waals surface area contributed by atoms with Crippen molar-refractivity contribution in [1.82, 2.24) is 9.97 Å². The number of aromatic nitrogens is 2. The van der Waals surface area contributed by atoms with E-state index in [1.807, 2.05) is 30.6 Å². The van der Waals surface area contributed by atoms with Crippen LogP contribution < -0.4 is 0 Å². The van der Waals surface area contributed by atoms with E-state index in [-0.39, 0.29) is 0 Å². The molecule has 0 spiro atoms. The van der Waals surface area contributed by atoms with E-state index < -0.39 is 0 Å². The molecule has 2 aromatic carbocycles. The Morgan fingerprint density at radius 1 is 0.636 bits per heavy atom. The van der Waals surface area contributed by atoms with Crippen LogP contribution in [0.4, 0.5) is 0 Å². The van der Waals surface area contributed by atoms with E-state index in [1.54, 1.807) is 21.6 Å². The van der Waals surface area contributed by atoms with Crippen LogP contribution in [0.15, 0.2) is 82.8 Å². The average Bonchev–Trinajstić information content (AvgIpc) is 2.60. The lowest BCUT2D eigenvalue weighted by atomic mass is 10.2. The van der Waals surface area contributed by atoms with Crippen LogP contribution in [0.3, 0.4) is 0 Å². The Kier molecular flexibility index (Phi) is 3.70. The number of hydrogen-bond donors (Lipinski definition) is 0. The Morgan fingerprint density at radius 3 is 2.36 bits per heavy atom. The summed E-state index contributed by atoms with van der Waals surface area (Å²) in [5.41, 5.74) is 2.09. The minimum atomic E-state index is 1.03. The molecule has 2 heterocycles. The van der Waals surface area contributed by atoms with Gasteiger partial charge in [0.25, 0.3) is 0 Å². The molecule has 106 valence electrons. The number of fused-ring (bicyclic) bond motifs is 2. The van der Waals surface area contributed by atoms with E-state index in [0.29, 0.717) is 0 Å². The molecular weight excluding hydrogens is 308 g/mol. The zero-order valence-electron chi connectivity index (χ0n) is 11.6. The first kappa shape index (κ1) is 13.6. The third kappa shape index (κ3) is 2.56. The lowest BCUT2D eigenvalue weighted by molar-refractivity contribution is 1.35. The van der Waals surface area contributed by atoms with Crippen molar-refractivity contribution in [3.8, 4) is 0 Å². The van der Waals surface area contributed by atoms with Crippen LogP contribution in [0.25, 0.3) is 21.8 Å². The Bertz CT molecular complexity index is 864. The van der Waals surface area contributed by atoms with Crippen LogP contribution in [0.1, 0.15) is 0 Å². The molecule has 2 nitrogen and oxygen atoms in total. The molecule has 0 atom stereocenters. The summed E-state index contributed by atoms with van der Waals surface area (Å²) in [4.78, 5) is 11.3. The second-order valence-corrected chi connectivity index (χ2v) is 7.04. The van der Waals surface area contributed by atoms with Crippen LogP contribution in [0, 0.1) is 0 Å². The maximum atomic E-state index is 4.51. The van der Waals surface area contributed by atoms with E-state index in [4.69, 9.17) is 0 Å². The van der Waals surface area contributed by atoms with Gasteiger partial charge in [-0.3, -0.25) is 9.97 Å². The van der Waals surface area contributed by atoms with Crippen molar-refractivity contribution in [2.45, 2.75) is 9.79 Å². The fourth-order valence-corrected chi connectivity index (χ4v) is 4.72. The summed E-state index contributed by atoms with van der Waals surface area (Å²) >= 11 is 0. The highest BCUT2D eigenvalue weighted by atomic mass is 33.1. The molecule has 0 saturated carbocycles. The number of pyridine rings is 2. The fourth-order valence-electron chi connectivity index (χ4n) is 2.38. The summed E-state index contributed by atoms with van der Waals surface area (Å²) in [6.07, 6.45) is 3.68. The highest BCUT2D eigenvalue weighted by Gasteiger charge is 2.06. The first-order chi connectivity index (χ1) is 10.9. The van der Waals surface area contributed by atoms with Crippen LogP contribution in [-0.4, -0.2) is 9.97 Å². The zero-order chi connectivity index (χ0) is 14.8. The predicted molar refractivity (Wildman–Crippen MR) is 95.2 cm³/mol. The maximum absolute atomic E-state index is 4.51. The molecule has 0 amide bonds. The molecule has 0 saturated heterocycles. The quantitative estimate of drug-likeness (QED) is 0.460. The van der Waals surface area contributed by atoms with Gasteiger partial charge in [-0.15, -0.1) is 0 Å². The number of benzene rings is 2. The average molecular weight is 320 g/mol. The first-order valence-electron chi connectivity index (χ1n) is 6.94. The largest absolute Gasteiger partial charge is 0.256 e. The molecule has 0 unspecified atom stereocenters. The third-order valence-electron chi connectivity index (χ3n) is 3.42. The molecule has 0 aliphatic rings. The molecule has 4 aromatic rings. The highest BCUT2D eigenvalue weighted by Crippen LogP contribution is 2.42. The number of para-hydroxylation sites is 1. The zero-order valence-corrected chi connectivity index (χ0v) is 13.3. The SMILES string of the molecule is c1cnc2c(SSc3cccc4ncccc34)cccc2c1. The topological polar surface area (TPSA) is 25.8 Å². The molecule has 4 rings (SSSR count). The highest BCUT2D eigenvalue weighted by molar-refractivity contribution is 8.76. The Balaban J connectivity index is 1.69. The van der Waals surface area contributed by atoms with Crippen molar-refractivity contribution in [1.29, 1.82) is 0 Å². The van der Waals surface area contributed by atoms with Gasteiger partial charge in [0.2, 0.25) is 0 Å². The van der Waals surface area contributed by atoms with Gasteiger partial charge in [-0.25, -0.2) is 0 Å². The summed E-state index contributed by atoms with van der Waals surface area (Å²) in [6.45, 7) is 0. The maximum Gasteiger partial charge on any atom is 0.0846 e. The number of hydrogen-bond acceptors (Lipinski definition) is 4. The van der Waals surface area contributed by atoms with Crippen LogP contribution in [0.2, 0.25) is 0 Å². The summed E-state index contributed by atoms with van der Waals surface area (Å²) in [7, 11) is 3.50. The van der Waals surface area contributed by atoms with Crippen LogP contribution >= 0.6 is 21.6 Å². The molecule has 22 heavy (non-hydrogen) atoms. The molecule has 2 aromatic heterocycles. The van der Waals surface area contributed by atoms with Crippen molar-refractivity contribution >= 4 is 43.4 Å². The first-order valence-corrected chi connectivity index (χ1v) is 9.09. The summed E-state index contributed by atoms with van der Waals surface area (Å²) in [6, 6.07) is 20.7. The fraction of sp³-hybridized carbons (Fsp3) is 0. The van der Waals surface area contributed by atoms with Gasteiger partial charge in [-0.1, -0.05) is 51.9 Å². The van der Waals surface area contributed by atoms with E-state index in [9.17, 15) is 0 Å². The molecule has 0 aliphatic heterocycles. The number of rotatable bonds is 3. The third-order valence-corrected chi connectivity index (χ3v) is 5.88. The monoisotopic (exact) mass is 320 g/mol. The van der Waals surface area contributed by atoms with Gasteiger partial charge in [0.1, 0.15) is 0 Å². The minimum absolute atomic E-state index is 1.03. The van der Waals surface area contributed by atoms with Crippen molar-refractivity contribution in [2.24, 2.45) is 0 Å². The molecule has 0 N–H and O–H groups in total. The predicted octanol–water partition coefficient (Wildman–Crippen LogP) is 5.58. The van der Waals surface area contributed by atoms with E-state index in [1.165, 1.54) is 20.6 Å². The second-order valence-electron chi connectivity index (χ2n) is 4.82. The molecule has 0 aliphatic carbocycles. The second kappa shape index (κ2) is 5.99. The van der Waals surface area contributed by atoms with Crippen molar-refractivity contribution in [3.63, 3.8) is 0 Å². The summed E-state index contributed by atoms with van der Waals surface area (Å²) in [5.74, 6) is 0. The molecular formula is C18H12N2S2. The molecule has 4 heteroatoms.